The molecule has 208 valence electrons. The number of esters is 1. The number of ether oxygens (including phenoxy) is 1. The normalized spacial score (nSPS) is 16.2. The van der Waals surface area contributed by atoms with Crippen molar-refractivity contribution < 1.29 is 22.7 Å². The molecular weight excluding hydrogens is 525 g/mol. The average molecular weight is 551 g/mol. The molecule has 1 unspecified atom stereocenters. The van der Waals surface area contributed by atoms with Gasteiger partial charge in [0.2, 0.25) is 11.8 Å². The predicted molar refractivity (Wildman–Crippen MR) is 130 cm³/mol. The van der Waals surface area contributed by atoms with E-state index < -0.39 is 35.4 Å². The van der Waals surface area contributed by atoms with E-state index in [1.807, 2.05) is 24.8 Å². The fraction of sp³-hybridized carbons (Fsp3) is 0.500. The van der Waals surface area contributed by atoms with Crippen LogP contribution in [0.5, 0.6) is 0 Å². The number of carbonyl (C=O) groups excluding carboxylic acids is 1. The van der Waals surface area contributed by atoms with Crippen LogP contribution in [0.1, 0.15) is 32.3 Å². The molecular formula is C22H25F3N10O4. The highest BCUT2D eigenvalue weighted by Gasteiger charge is 2.44. The zero-order valence-electron chi connectivity index (χ0n) is 21.5. The molecule has 0 fully saturated rings. The van der Waals surface area contributed by atoms with Gasteiger partial charge in [0.15, 0.2) is 11.2 Å². The van der Waals surface area contributed by atoms with Gasteiger partial charge in [0, 0.05) is 38.9 Å². The van der Waals surface area contributed by atoms with Crippen LogP contribution in [0.3, 0.4) is 0 Å². The van der Waals surface area contributed by atoms with Crippen LogP contribution in [0.2, 0.25) is 0 Å². The van der Waals surface area contributed by atoms with E-state index in [2.05, 4.69) is 30.4 Å². The maximum Gasteiger partial charge on any atom is 0.491 e. The molecule has 0 aliphatic carbocycles. The molecule has 14 nitrogen and oxygen atoms in total. The van der Waals surface area contributed by atoms with Crippen molar-refractivity contribution in [3.05, 3.63) is 49.6 Å². The summed E-state index contributed by atoms with van der Waals surface area (Å²) < 4.78 is 47.1. The van der Waals surface area contributed by atoms with Gasteiger partial charge < -0.3 is 19.5 Å². The number of rotatable bonds is 6. The van der Waals surface area contributed by atoms with E-state index in [1.54, 1.807) is 4.57 Å². The fourth-order valence-corrected chi connectivity index (χ4v) is 4.65. The molecule has 0 aromatic carbocycles. The van der Waals surface area contributed by atoms with Gasteiger partial charge in [0.1, 0.15) is 0 Å². The lowest BCUT2D eigenvalue weighted by atomic mass is 10.2. The third-order valence-electron chi connectivity index (χ3n) is 6.52. The molecule has 5 heterocycles. The number of fused-ring (bicyclic) bond motifs is 1. The Balaban J connectivity index is 1.77. The van der Waals surface area contributed by atoms with Crippen LogP contribution in [0.15, 0.2) is 32.5 Å². The molecule has 0 saturated carbocycles. The van der Waals surface area contributed by atoms with Gasteiger partial charge in [-0.15, -0.1) is 10.2 Å². The molecule has 0 saturated heterocycles. The van der Waals surface area contributed by atoms with E-state index in [0.29, 0.717) is 23.6 Å². The van der Waals surface area contributed by atoms with E-state index in [1.165, 1.54) is 19.7 Å². The Labute approximate surface area is 218 Å². The highest BCUT2D eigenvalue weighted by atomic mass is 19.4. The second-order valence-electron chi connectivity index (χ2n) is 9.44. The molecule has 0 radical (unpaired) electrons. The lowest BCUT2D eigenvalue weighted by molar-refractivity contribution is -0.207. The molecule has 0 spiro atoms. The van der Waals surface area contributed by atoms with Gasteiger partial charge in [-0.1, -0.05) is 11.6 Å². The number of tetrazole rings is 1. The lowest BCUT2D eigenvalue weighted by Gasteiger charge is -2.21. The van der Waals surface area contributed by atoms with Gasteiger partial charge in [-0.25, -0.2) is 14.2 Å². The summed E-state index contributed by atoms with van der Waals surface area (Å²) in [4.78, 5) is 46.7. The molecule has 1 N–H and O–H groups in total. The number of carbonyl (C=O) groups is 1. The zero-order valence-corrected chi connectivity index (χ0v) is 21.5. The minimum Gasteiger partial charge on any atom is -0.426 e. The van der Waals surface area contributed by atoms with Crippen LogP contribution >= 0.6 is 0 Å². The van der Waals surface area contributed by atoms with Crippen molar-refractivity contribution in [3.63, 3.8) is 0 Å². The number of nitrogens with one attached hydrogen (secondary N) is 1. The fourth-order valence-electron chi connectivity index (χ4n) is 4.65. The Kier molecular flexibility index (Phi) is 6.40. The van der Waals surface area contributed by atoms with Crippen molar-refractivity contribution in [2.45, 2.75) is 39.2 Å². The summed E-state index contributed by atoms with van der Waals surface area (Å²) in [7, 11) is 2.64. The SMILES string of the molecule is CC(C)=CCn1c(N2CCC3=C2CNC3)nc2c1c(=O)n(C(OC(=O)C(F)(F)F)c1nnn(C)n1)c(=O)n2C. The van der Waals surface area contributed by atoms with Crippen molar-refractivity contribution >= 4 is 23.1 Å². The second kappa shape index (κ2) is 9.48. The van der Waals surface area contributed by atoms with Crippen molar-refractivity contribution in [3.8, 4) is 0 Å². The van der Waals surface area contributed by atoms with E-state index in [-0.39, 0.29) is 17.7 Å². The molecule has 1 atom stereocenters. The molecule has 5 rings (SSSR count). The topological polar surface area (TPSA) is 147 Å². The first kappa shape index (κ1) is 26.3. The molecule has 2 aliphatic heterocycles. The number of anilines is 1. The number of alkyl halides is 3. The standard InChI is InChI=1S/C22H25F3N10O4/c1-11(2)5-7-34-14-16(27-20(34)33-8-6-12-9-26-10-13(12)33)31(3)21(38)35(17(14)36)18(15-28-30-32(4)29-15)39-19(37)22(23,24)25/h5,18,26H,6-10H2,1-4H3. The van der Waals surface area contributed by atoms with Gasteiger partial charge in [-0.3, -0.25) is 9.36 Å². The maximum atomic E-state index is 13.9. The summed E-state index contributed by atoms with van der Waals surface area (Å²) in [6.45, 7) is 5.89. The van der Waals surface area contributed by atoms with Crippen LogP contribution in [0.25, 0.3) is 11.2 Å². The third kappa shape index (κ3) is 4.51. The summed E-state index contributed by atoms with van der Waals surface area (Å²) in [5, 5.41) is 14.2. The molecule has 2 aliphatic rings. The van der Waals surface area contributed by atoms with Gasteiger partial charge >= 0.3 is 17.8 Å². The highest BCUT2D eigenvalue weighted by molar-refractivity contribution is 5.77. The Morgan fingerprint density at radius 1 is 1.21 bits per heavy atom. The minimum atomic E-state index is -5.41. The van der Waals surface area contributed by atoms with Gasteiger partial charge in [0.05, 0.1) is 7.05 Å². The van der Waals surface area contributed by atoms with E-state index in [0.717, 1.165) is 33.6 Å². The van der Waals surface area contributed by atoms with Gasteiger partial charge in [-0.2, -0.15) is 23.0 Å². The summed E-state index contributed by atoms with van der Waals surface area (Å²) in [6, 6.07) is 0. The lowest BCUT2D eigenvalue weighted by Crippen LogP contribution is -2.45. The minimum absolute atomic E-state index is 0.0198. The first-order valence-electron chi connectivity index (χ1n) is 11.9. The van der Waals surface area contributed by atoms with Crippen LogP contribution in [-0.4, -0.2) is 70.7 Å². The monoisotopic (exact) mass is 550 g/mol. The van der Waals surface area contributed by atoms with Gasteiger partial charge in [0.25, 0.3) is 11.8 Å². The summed E-state index contributed by atoms with van der Waals surface area (Å²) in [5.74, 6) is -2.81. The molecule has 0 amide bonds. The number of hydrogen-bond donors (Lipinski definition) is 1. The molecule has 17 heteroatoms. The predicted octanol–water partition coefficient (Wildman–Crippen LogP) is 0.106. The molecule has 39 heavy (non-hydrogen) atoms. The number of aryl methyl sites for hydroxylation is 2. The summed E-state index contributed by atoms with van der Waals surface area (Å²) in [6.07, 6.45) is -5.00. The van der Waals surface area contributed by atoms with Crippen molar-refractivity contribution in [1.29, 1.82) is 0 Å². The molecule has 3 aromatic rings. The number of imidazole rings is 1. The third-order valence-corrected chi connectivity index (χ3v) is 6.52. The number of aromatic nitrogens is 8. The average Bonchev–Trinajstić information content (AvgIpc) is 3.63. The van der Waals surface area contributed by atoms with E-state index in [4.69, 9.17) is 0 Å². The highest BCUT2D eigenvalue weighted by Crippen LogP contribution is 2.32. The largest absolute Gasteiger partial charge is 0.491 e. The number of allylic oxidation sites excluding steroid dienone is 2. The van der Waals surface area contributed by atoms with Crippen LogP contribution < -0.4 is 21.5 Å². The Hall–Kier alpha value is -4.28. The quantitative estimate of drug-likeness (QED) is 0.331. The Morgan fingerprint density at radius 3 is 2.59 bits per heavy atom. The van der Waals surface area contributed by atoms with Crippen LogP contribution in [-0.2, 0) is 30.2 Å². The molecule has 3 aromatic heterocycles. The van der Waals surface area contributed by atoms with E-state index in [9.17, 15) is 27.6 Å². The summed E-state index contributed by atoms with van der Waals surface area (Å²) in [5.41, 5.74) is 1.02. The smallest absolute Gasteiger partial charge is 0.426 e. The number of nitrogens with zero attached hydrogens (tertiary/aromatic N) is 9. The Morgan fingerprint density at radius 2 is 1.95 bits per heavy atom. The van der Waals surface area contributed by atoms with Crippen molar-refractivity contribution in [1.82, 2.24) is 44.2 Å². The van der Waals surface area contributed by atoms with E-state index >= 15 is 0 Å². The van der Waals surface area contributed by atoms with Crippen molar-refractivity contribution in [2.24, 2.45) is 14.1 Å². The zero-order chi connectivity index (χ0) is 28.2. The van der Waals surface area contributed by atoms with Gasteiger partial charge in [-0.05, 0) is 31.1 Å². The Bertz CT molecular complexity index is 1650. The first-order chi connectivity index (χ1) is 18.4. The maximum absolute atomic E-state index is 13.9. The molecule has 0 bridgehead atoms. The second-order valence-corrected chi connectivity index (χ2v) is 9.44. The first-order valence-corrected chi connectivity index (χ1v) is 11.9. The van der Waals surface area contributed by atoms with Crippen molar-refractivity contribution in [2.75, 3.05) is 24.5 Å². The van der Waals surface area contributed by atoms with Crippen LogP contribution in [0.4, 0.5) is 19.1 Å². The summed E-state index contributed by atoms with van der Waals surface area (Å²) >= 11 is 0. The number of hydrogen-bond acceptors (Lipinski definition) is 10. The number of halogens is 3. The van der Waals surface area contributed by atoms with Crippen LogP contribution in [0, 0.1) is 0 Å².